The largest absolute Gasteiger partial charge is 0.491 e. The van der Waals surface area contributed by atoms with Crippen LogP contribution in [0.4, 0.5) is 5.69 Å². The van der Waals surface area contributed by atoms with E-state index in [-0.39, 0.29) is 5.91 Å². The highest BCUT2D eigenvalue weighted by molar-refractivity contribution is 6.05. The van der Waals surface area contributed by atoms with Crippen molar-refractivity contribution in [2.24, 2.45) is 0 Å². The van der Waals surface area contributed by atoms with Crippen molar-refractivity contribution in [3.8, 4) is 16.9 Å². The summed E-state index contributed by atoms with van der Waals surface area (Å²) in [5.41, 5.74) is 5.06. The first-order valence-corrected chi connectivity index (χ1v) is 10.5. The predicted molar refractivity (Wildman–Crippen MR) is 117 cm³/mol. The zero-order valence-electron chi connectivity index (χ0n) is 18.1. The number of carbonyl (C=O) groups excluding carboxylic acids is 1. The van der Waals surface area contributed by atoms with Crippen molar-refractivity contribution in [2.45, 2.75) is 46.1 Å². The van der Waals surface area contributed by atoms with Gasteiger partial charge in [-0.15, -0.1) is 0 Å². The van der Waals surface area contributed by atoms with Crippen molar-refractivity contribution in [1.29, 1.82) is 0 Å². The maximum Gasteiger partial charge on any atom is 0.260 e. The van der Waals surface area contributed by atoms with Gasteiger partial charge in [-0.05, 0) is 58.4 Å². The second kappa shape index (κ2) is 9.26. The number of aromatic nitrogens is 3. The number of carbonyl (C=O) groups is 1. The highest BCUT2D eigenvalue weighted by atomic mass is 16.5. The number of piperidine rings is 1. The Bertz CT molecular complexity index is 1050. The number of aryl methyl sites for hydroxylation is 3. The molecule has 1 fully saturated rings. The minimum Gasteiger partial charge on any atom is -0.491 e. The van der Waals surface area contributed by atoms with E-state index < -0.39 is 0 Å². The van der Waals surface area contributed by atoms with Crippen LogP contribution >= 0.6 is 0 Å². The molecule has 1 aliphatic rings. The van der Waals surface area contributed by atoms with E-state index in [1.165, 1.54) is 19.1 Å². The average Bonchev–Trinajstić information content (AvgIpc) is 3.20. The first kappa shape index (κ1) is 21.0. The lowest BCUT2D eigenvalue weighted by Crippen LogP contribution is -2.38. The number of hydrogen-bond acceptors (Lipinski definition) is 7. The molecule has 31 heavy (non-hydrogen) atoms. The van der Waals surface area contributed by atoms with Gasteiger partial charge in [0.05, 0.1) is 5.69 Å². The average molecular weight is 422 g/mol. The van der Waals surface area contributed by atoms with Gasteiger partial charge in [-0.3, -0.25) is 4.79 Å². The lowest BCUT2D eigenvalue weighted by atomic mass is 10.0. The summed E-state index contributed by atoms with van der Waals surface area (Å²) in [5.74, 6) is 0.468. The van der Waals surface area contributed by atoms with Crippen molar-refractivity contribution >= 4 is 11.6 Å². The molecular formula is C23H27N5O3. The summed E-state index contributed by atoms with van der Waals surface area (Å²) in [6, 6.07) is 5.97. The Labute approximate surface area is 181 Å². The van der Waals surface area contributed by atoms with Crippen LogP contribution in [0.1, 0.15) is 46.7 Å². The molecule has 3 aromatic rings. The number of nitrogens with zero attached hydrogens (tertiary/aromatic N) is 3. The van der Waals surface area contributed by atoms with Crippen LogP contribution in [-0.4, -0.2) is 40.2 Å². The highest BCUT2D eigenvalue weighted by Gasteiger charge is 2.19. The molecule has 1 saturated heterocycles. The third-order valence-corrected chi connectivity index (χ3v) is 5.58. The summed E-state index contributed by atoms with van der Waals surface area (Å²) in [6.07, 6.45) is 6.43. The number of amides is 1. The predicted octanol–water partition coefficient (Wildman–Crippen LogP) is 3.83. The van der Waals surface area contributed by atoms with Crippen LogP contribution < -0.4 is 15.4 Å². The molecule has 0 radical (unpaired) electrons. The molecule has 1 aromatic carbocycles. The van der Waals surface area contributed by atoms with Crippen LogP contribution in [-0.2, 0) is 0 Å². The Morgan fingerprint density at radius 1 is 1.19 bits per heavy atom. The molecule has 1 aliphatic heterocycles. The van der Waals surface area contributed by atoms with Gasteiger partial charge in [0.1, 0.15) is 30.5 Å². The van der Waals surface area contributed by atoms with Gasteiger partial charge >= 0.3 is 0 Å². The standard InChI is InChI=1S/C23H27N5O3/c1-14-20(12-31-28-14)23(29)27-17-7-8-21(30-11-18-6-4-5-9-24-18)19(10-17)22-15(2)25-13-26-16(22)3/h7-8,10,12-13,18,24H,4-6,9,11H2,1-3H3,(H,27,29). The summed E-state index contributed by atoms with van der Waals surface area (Å²) in [5, 5.41) is 10.2. The molecule has 1 amide bonds. The molecule has 0 spiro atoms. The van der Waals surface area contributed by atoms with E-state index in [9.17, 15) is 4.79 Å². The van der Waals surface area contributed by atoms with E-state index in [2.05, 4.69) is 25.8 Å². The smallest absolute Gasteiger partial charge is 0.260 e. The first-order chi connectivity index (χ1) is 15.0. The maximum absolute atomic E-state index is 12.6. The normalized spacial score (nSPS) is 16.2. The molecule has 2 aromatic heterocycles. The molecule has 3 heterocycles. The number of benzene rings is 1. The Hall–Kier alpha value is -3.26. The zero-order chi connectivity index (χ0) is 21.8. The molecular weight excluding hydrogens is 394 g/mol. The van der Waals surface area contributed by atoms with Crippen LogP contribution in [0.15, 0.2) is 35.3 Å². The van der Waals surface area contributed by atoms with Crippen LogP contribution in [0.2, 0.25) is 0 Å². The number of ether oxygens (including phenoxy) is 1. The fourth-order valence-electron chi connectivity index (χ4n) is 3.88. The van der Waals surface area contributed by atoms with Crippen LogP contribution in [0.5, 0.6) is 5.75 Å². The van der Waals surface area contributed by atoms with Crippen molar-refractivity contribution < 1.29 is 14.1 Å². The maximum atomic E-state index is 12.6. The van der Waals surface area contributed by atoms with Gasteiger partial charge in [-0.25, -0.2) is 9.97 Å². The molecule has 4 rings (SSSR count). The van der Waals surface area contributed by atoms with E-state index in [1.54, 1.807) is 13.3 Å². The number of anilines is 1. The second-order valence-electron chi connectivity index (χ2n) is 7.86. The van der Waals surface area contributed by atoms with E-state index >= 15 is 0 Å². The molecule has 8 nitrogen and oxygen atoms in total. The Kier molecular flexibility index (Phi) is 6.27. The molecule has 0 saturated carbocycles. The molecule has 0 aliphatic carbocycles. The number of nitrogens with one attached hydrogen (secondary N) is 2. The summed E-state index contributed by atoms with van der Waals surface area (Å²) in [6.45, 7) is 7.24. The van der Waals surface area contributed by atoms with E-state index in [1.807, 2.05) is 32.0 Å². The first-order valence-electron chi connectivity index (χ1n) is 10.5. The molecule has 2 N–H and O–H groups in total. The Morgan fingerprint density at radius 2 is 2.00 bits per heavy atom. The topological polar surface area (TPSA) is 102 Å². The van der Waals surface area contributed by atoms with Gasteiger partial charge in [0.2, 0.25) is 0 Å². The molecule has 8 heteroatoms. The van der Waals surface area contributed by atoms with Gasteiger partial charge in [-0.2, -0.15) is 0 Å². The van der Waals surface area contributed by atoms with Gasteiger partial charge in [0.15, 0.2) is 0 Å². The molecule has 162 valence electrons. The molecule has 1 unspecified atom stereocenters. The van der Waals surface area contributed by atoms with Crippen LogP contribution in [0, 0.1) is 20.8 Å². The highest BCUT2D eigenvalue weighted by Crippen LogP contribution is 2.36. The van der Waals surface area contributed by atoms with Crippen molar-refractivity contribution in [3.63, 3.8) is 0 Å². The summed E-state index contributed by atoms with van der Waals surface area (Å²) in [4.78, 5) is 21.3. The number of hydrogen-bond donors (Lipinski definition) is 2. The third-order valence-electron chi connectivity index (χ3n) is 5.58. The summed E-state index contributed by atoms with van der Waals surface area (Å²) in [7, 11) is 0. The van der Waals surface area contributed by atoms with Gasteiger partial charge in [0, 0.05) is 34.2 Å². The minimum absolute atomic E-state index is 0.275. The zero-order valence-corrected chi connectivity index (χ0v) is 18.1. The molecule has 0 bridgehead atoms. The quantitative estimate of drug-likeness (QED) is 0.623. The van der Waals surface area contributed by atoms with E-state index in [0.717, 1.165) is 41.2 Å². The fourth-order valence-corrected chi connectivity index (χ4v) is 3.88. The number of rotatable bonds is 6. The Balaban J connectivity index is 1.64. The van der Waals surface area contributed by atoms with Gasteiger partial charge < -0.3 is 19.9 Å². The summed E-state index contributed by atoms with van der Waals surface area (Å²) < 4.78 is 11.1. The fraction of sp³-hybridized carbons (Fsp3) is 0.391. The monoisotopic (exact) mass is 421 g/mol. The second-order valence-corrected chi connectivity index (χ2v) is 7.86. The van der Waals surface area contributed by atoms with Crippen LogP contribution in [0.25, 0.3) is 11.1 Å². The third kappa shape index (κ3) is 4.74. The van der Waals surface area contributed by atoms with E-state index in [0.29, 0.717) is 29.6 Å². The van der Waals surface area contributed by atoms with Crippen molar-refractivity contribution in [2.75, 3.05) is 18.5 Å². The van der Waals surface area contributed by atoms with E-state index in [4.69, 9.17) is 9.26 Å². The van der Waals surface area contributed by atoms with Gasteiger partial charge in [0.25, 0.3) is 5.91 Å². The lowest BCUT2D eigenvalue weighted by molar-refractivity contribution is 0.102. The van der Waals surface area contributed by atoms with Crippen molar-refractivity contribution in [1.82, 2.24) is 20.4 Å². The minimum atomic E-state index is -0.275. The lowest BCUT2D eigenvalue weighted by Gasteiger charge is -2.24. The Morgan fingerprint density at radius 3 is 2.68 bits per heavy atom. The summed E-state index contributed by atoms with van der Waals surface area (Å²) >= 11 is 0. The van der Waals surface area contributed by atoms with Gasteiger partial charge in [-0.1, -0.05) is 11.6 Å². The molecule has 1 atom stereocenters. The van der Waals surface area contributed by atoms with Crippen LogP contribution in [0.3, 0.4) is 0 Å². The van der Waals surface area contributed by atoms with Crippen molar-refractivity contribution in [3.05, 3.63) is 53.4 Å². The SMILES string of the molecule is Cc1nocc1C(=O)Nc1ccc(OCC2CCCCN2)c(-c2c(C)ncnc2C)c1.